The highest BCUT2D eigenvalue weighted by Gasteiger charge is 2.25. The van der Waals surface area contributed by atoms with Crippen LogP contribution >= 0.6 is 11.3 Å². The van der Waals surface area contributed by atoms with Crippen molar-refractivity contribution in [3.63, 3.8) is 0 Å². The quantitative estimate of drug-likeness (QED) is 0.700. The number of H-pyrrole nitrogens is 1. The van der Waals surface area contributed by atoms with Crippen LogP contribution in [-0.2, 0) is 11.2 Å². The van der Waals surface area contributed by atoms with Crippen LogP contribution in [0.2, 0.25) is 0 Å². The number of thiophene rings is 1. The molecule has 29 heavy (non-hydrogen) atoms. The highest BCUT2D eigenvalue weighted by Crippen LogP contribution is 2.27. The number of carbonyl (C=O) groups excluding carboxylic acids is 1. The number of aromatic amines is 1. The minimum absolute atomic E-state index is 0.127. The summed E-state index contributed by atoms with van der Waals surface area (Å²) in [6.07, 6.45) is 1.98. The number of aromatic nitrogens is 2. The van der Waals surface area contributed by atoms with Gasteiger partial charge in [-0.2, -0.15) is 11.3 Å². The summed E-state index contributed by atoms with van der Waals surface area (Å²) in [5.41, 5.74) is 2.53. The van der Waals surface area contributed by atoms with E-state index in [0.29, 0.717) is 25.2 Å². The number of hydrogen-bond donors (Lipinski definition) is 1. The third-order valence-corrected chi connectivity index (χ3v) is 6.01. The molecule has 0 saturated carbocycles. The van der Waals surface area contributed by atoms with E-state index >= 15 is 0 Å². The third kappa shape index (κ3) is 4.56. The van der Waals surface area contributed by atoms with Crippen LogP contribution in [0.15, 0.2) is 52.0 Å². The van der Waals surface area contributed by atoms with Crippen molar-refractivity contribution in [2.45, 2.75) is 25.2 Å². The van der Waals surface area contributed by atoms with Crippen molar-refractivity contribution in [3.8, 4) is 17.0 Å². The van der Waals surface area contributed by atoms with Crippen molar-refractivity contribution >= 4 is 17.2 Å². The molecule has 4 rings (SSSR count). The van der Waals surface area contributed by atoms with Gasteiger partial charge in [-0.05, 0) is 42.0 Å². The summed E-state index contributed by atoms with van der Waals surface area (Å²) in [6, 6.07) is 11.1. The van der Waals surface area contributed by atoms with Gasteiger partial charge < -0.3 is 14.6 Å². The number of ether oxygens (including phenoxy) is 1. The molecule has 0 unspecified atom stereocenters. The van der Waals surface area contributed by atoms with Crippen molar-refractivity contribution in [3.05, 3.63) is 68.9 Å². The van der Waals surface area contributed by atoms with Gasteiger partial charge in [0.25, 0.3) is 5.56 Å². The zero-order valence-corrected chi connectivity index (χ0v) is 17.1. The van der Waals surface area contributed by atoms with E-state index in [0.717, 1.165) is 35.5 Å². The van der Waals surface area contributed by atoms with Crippen molar-refractivity contribution in [1.29, 1.82) is 0 Å². The summed E-state index contributed by atoms with van der Waals surface area (Å²) in [4.78, 5) is 34.2. The van der Waals surface area contributed by atoms with Crippen molar-refractivity contribution in [2.24, 2.45) is 0 Å². The van der Waals surface area contributed by atoms with Crippen LogP contribution in [0, 0.1) is 0 Å². The highest BCUT2D eigenvalue weighted by molar-refractivity contribution is 7.08. The number of likely N-dealkylation sites (tertiary alicyclic amines) is 1. The summed E-state index contributed by atoms with van der Waals surface area (Å²) in [5.74, 6) is 1.79. The molecule has 1 amide bonds. The standard InChI is InChI=1S/C22H23N3O3S/c1-28-18-4-2-15(3-5-18)12-21(27)25-9-6-16(7-10-25)22-23-19(13-20(26)24-22)17-8-11-29-14-17/h2-5,8,11,13-14,16H,6-7,9-10,12H2,1H3,(H,23,24,26). The molecule has 0 atom stereocenters. The van der Waals surface area contributed by atoms with E-state index in [2.05, 4.69) is 9.97 Å². The Bertz CT molecular complexity index is 1020. The number of benzene rings is 1. The van der Waals surface area contributed by atoms with Gasteiger partial charge in [0.15, 0.2) is 0 Å². The molecule has 1 aromatic carbocycles. The second-order valence-corrected chi connectivity index (χ2v) is 7.99. The Morgan fingerprint density at radius 3 is 2.66 bits per heavy atom. The Labute approximate surface area is 173 Å². The minimum Gasteiger partial charge on any atom is -0.497 e. The van der Waals surface area contributed by atoms with Crippen LogP contribution in [-0.4, -0.2) is 41.0 Å². The Balaban J connectivity index is 1.39. The Morgan fingerprint density at radius 1 is 1.24 bits per heavy atom. The van der Waals surface area contributed by atoms with Crippen LogP contribution in [0.25, 0.3) is 11.3 Å². The number of hydrogen-bond acceptors (Lipinski definition) is 5. The monoisotopic (exact) mass is 409 g/mol. The third-order valence-electron chi connectivity index (χ3n) is 5.33. The summed E-state index contributed by atoms with van der Waals surface area (Å²) < 4.78 is 5.16. The average molecular weight is 410 g/mol. The number of carbonyl (C=O) groups is 1. The maximum atomic E-state index is 12.7. The Kier molecular flexibility index (Phi) is 5.76. The van der Waals surface area contributed by atoms with Gasteiger partial charge in [-0.1, -0.05) is 12.1 Å². The average Bonchev–Trinajstić information content (AvgIpc) is 3.29. The van der Waals surface area contributed by atoms with E-state index in [1.165, 1.54) is 0 Å². The first-order valence-corrected chi connectivity index (χ1v) is 10.6. The molecular weight excluding hydrogens is 386 g/mol. The molecule has 1 fully saturated rings. The molecule has 0 spiro atoms. The van der Waals surface area contributed by atoms with E-state index in [-0.39, 0.29) is 17.4 Å². The molecule has 150 valence electrons. The largest absolute Gasteiger partial charge is 0.497 e. The first-order chi connectivity index (χ1) is 14.1. The van der Waals surface area contributed by atoms with E-state index in [4.69, 9.17) is 4.74 Å². The number of nitrogens with one attached hydrogen (secondary N) is 1. The van der Waals surface area contributed by atoms with Gasteiger partial charge in [0.2, 0.25) is 5.91 Å². The second-order valence-electron chi connectivity index (χ2n) is 7.21. The van der Waals surface area contributed by atoms with Gasteiger partial charge in [-0.25, -0.2) is 4.98 Å². The fourth-order valence-electron chi connectivity index (χ4n) is 3.66. The first-order valence-electron chi connectivity index (χ1n) is 9.67. The summed E-state index contributed by atoms with van der Waals surface area (Å²) in [7, 11) is 1.63. The van der Waals surface area contributed by atoms with Crippen molar-refractivity contribution in [1.82, 2.24) is 14.9 Å². The number of methoxy groups -OCH3 is 1. The molecule has 1 aliphatic rings. The predicted octanol–water partition coefficient (Wildman–Crippen LogP) is 3.46. The molecule has 2 aromatic heterocycles. The van der Waals surface area contributed by atoms with Crippen LogP contribution in [0.1, 0.15) is 30.1 Å². The lowest BCUT2D eigenvalue weighted by Gasteiger charge is -2.31. The molecule has 0 bridgehead atoms. The van der Waals surface area contributed by atoms with Gasteiger partial charge in [-0.15, -0.1) is 0 Å². The number of piperidine rings is 1. The van der Waals surface area contributed by atoms with Gasteiger partial charge in [0.05, 0.1) is 19.2 Å². The van der Waals surface area contributed by atoms with Crippen LogP contribution < -0.4 is 10.3 Å². The SMILES string of the molecule is COc1ccc(CC(=O)N2CCC(c3nc(-c4ccsc4)cc(=O)[nH]3)CC2)cc1. The number of rotatable bonds is 5. The van der Waals surface area contributed by atoms with Gasteiger partial charge in [0, 0.05) is 36.0 Å². The molecule has 7 heteroatoms. The molecular formula is C22H23N3O3S. The number of amides is 1. The molecule has 1 aliphatic heterocycles. The summed E-state index contributed by atoms with van der Waals surface area (Å²) in [6.45, 7) is 1.35. The molecule has 6 nitrogen and oxygen atoms in total. The minimum atomic E-state index is -0.130. The van der Waals surface area contributed by atoms with E-state index in [9.17, 15) is 9.59 Å². The first kappa shape index (κ1) is 19.4. The molecule has 0 aliphatic carbocycles. The lowest BCUT2D eigenvalue weighted by atomic mass is 9.95. The maximum absolute atomic E-state index is 12.7. The van der Waals surface area contributed by atoms with E-state index in [1.807, 2.05) is 46.0 Å². The highest BCUT2D eigenvalue weighted by atomic mass is 32.1. The molecule has 3 heterocycles. The smallest absolute Gasteiger partial charge is 0.251 e. The molecule has 1 N–H and O–H groups in total. The van der Waals surface area contributed by atoms with E-state index < -0.39 is 0 Å². The molecule has 3 aromatic rings. The Hall–Kier alpha value is -2.93. The van der Waals surface area contributed by atoms with Crippen LogP contribution in [0.4, 0.5) is 0 Å². The summed E-state index contributed by atoms with van der Waals surface area (Å²) in [5, 5.41) is 3.97. The lowest BCUT2D eigenvalue weighted by molar-refractivity contribution is -0.131. The van der Waals surface area contributed by atoms with Gasteiger partial charge in [-0.3, -0.25) is 9.59 Å². The zero-order chi connectivity index (χ0) is 20.2. The normalized spacial score (nSPS) is 14.7. The lowest BCUT2D eigenvalue weighted by Crippen LogP contribution is -2.39. The van der Waals surface area contributed by atoms with Gasteiger partial charge >= 0.3 is 0 Å². The second kappa shape index (κ2) is 8.61. The topological polar surface area (TPSA) is 75.3 Å². The van der Waals surface area contributed by atoms with Crippen molar-refractivity contribution < 1.29 is 9.53 Å². The maximum Gasteiger partial charge on any atom is 0.251 e. The fraction of sp³-hybridized carbons (Fsp3) is 0.318. The fourth-order valence-corrected chi connectivity index (χ4v) is 4.31. The zero-order valence-electron chi connectivity index (χ0n) is 16.3. The van der Waals surface area contributed by atoms with Crippen LogP contribution in [0.5, 0.6) is 5.75 Å². The van der Waals surface area contributed by atoms with Crippen LogP contribution in [0.3, 0.4) is 0 Å². The Morgan fingerprint density at radius 2 is 2.00 bits per heavy atom. The summed E-state index contributed by atoms with van der Waals surface area (Å²) >= 11 is 1.58. The molecule has 0 radical (unpaired) electrons. The van der Waals surface area contributed by atoms with Crippen molar-refractivity contribution in [2.75, 3.05) is 20.2 Å². The predicted molar refractivity (Wildman–Crippen MR) is 113 cm³/mol. The molecule has 1 saturated heterocycles. The van der Waals surface area contributed by atoms with Gasteiger partial charge in [0.1, 0.15) is 11.6 Å². The van der Waals surface area contributed by atoms with E-state index in [1.54, 1.807) is 24.5 Å². The number of nitrogens with zero attached hydrogens (tertiary/aromatic N) is 2.